The maximum atomic E-state index is 12.6. The van der Waals surface area contributed by atoms with Crippen molar-refractivity contribution in [1.82, 2.24) is 9.03 Å². The first-order valence-electron chi connectivity index (χ1n) is 7.32. The lowest BCUT2D eigenvalue weighted by Crippen LogP contribution is -2.55. The van der Waals surface area contributed by atoms with Crippen molar-refractivity contribution in [3.8, 4) is 0 Å². The Morgan fingerprint density at radius 1 is 1.32 bits per heavy atom. The summed E-state index contributed by atoms with van der Waals surface area (Å²) < 4.78 is 33.4. The number of benzene rings is 1. The molecule has 1 saturated heterocycles. The molecule has 0 spiro atoms. The summed E-state index contributed by atoms with van der Waals surface area (Å²) in [5.41, 5.74) is 0.429. The van der Waals surface area contributed by atoms with E-state index in [2.05, 4.69) is 10.0 Å². The predicted molar refractivity (Wildman–Crippen MR) is 94.8 cm³/mol. The number of hydrogen-bond acceptors (Lipinski definition) is 4. The summed E-state index contributed by atoms with van der Waals surface area (Å²) in [4.78, 5) is 12.6. The molecule has 10 heteroatoms. The van der Waals surface area contributed by atoms with Gasteiger partial charge in [0.05, 0.1) is 22.4 Å². The van der Waals surface area contributed by atoms with Gasteiger partial charge in [0, 0.05) is 12.7 Å². The predicted octanol–water partition coefficient (Wildman–Crippen LogP) is 2.80. The van der Waals surface area contributed by atoms with Crippen LogP contribution in [0.4, 0.5) is 5.69 Å². The number of carbonyl (C=O) groups excluding carboxylic acids is 1. The van der Waals surface area contributed by atoms with E-state index in [1.807, 2.05) is 0 Å². The number of nitrogens with zero attached hydrogens (tertiary/aromatic N) is 1. The largest absolute Gasteiger partial charge is 0.468 e. The van der Waals surface area contributed by atoms with Gasteiger partial charge >= 0.3 is 0 Å². The van der Waals surface area contributed by atoms with E-state index in [0.29, 0.717) is 21.5 Å². The van der Waals surface area contributed by atoms with Gasteiger partial charge in [0.2, 0.25) is 5.91 Å². The van der Waals surface area contributed by atoms with E-state index in [0.717, 1.165) is 4.31 Å². The van der Waals surface area contributed by atoms with E-state index < -0.39 is 28.2 Å². The van der Waals surface area contributed by atoms with Crippen molar-refractivity contribution in [2.45, 2.75) is 18.5 Å². The zero-order chi connectivity index (χ0) is 18.2. The van der Waals surface area contributed by atoms with Crippen LogP contribution in [0.2, 0.25) is 10.0 Å². The zero-order valence-corrected chi connectivity index (χ0v) is 15.4. The van der Waals surface area contributed by atoms with E-state index >= 15 is 0 Å². The van der Waals surface area contributed by atoms with E-state index in [-0.39, 0.29) is 6.42 Å². The van der Waals surface area contributed by atoms with Gasteiger partial charge in [-0.1, -0.05) is 23.2 Å². The minimum Gasteiger partial charge on any atom is -0.468 e. The highest BCUT2D eigenvalue weighted by Gasteiger charge is 2.41. The lowest BCUT2D eigenvalue weighted by atomic mass is 10.0. The van der Waals surface area contributed by atoms with Crippen LogP contribution < -0.4 is 10.0 Å². The molecular weight excluding hydrogens is 389 g/mol. The first-order chi connectivity index (χ1) is 11.8. The molecule has 1 amide bonds. The molecule has 7 nitrogen and oxygen atoms in total. The van der Waals surface area contributed by atoms with E-state index in [1.165, 1.54) is 19.4 Å². The molecule has 1 fully saturated rings. The molecule has 2 N–H and O–H groups in total. The molecule has 25 heavy (non-hydrogen) atoms. The normalized spacial score (nSPS) is 23.3. The number of rotatable bonds is 3. The molecule has 0 radical (unpaired) electrons. The molecule has 1 aromatic heterocycles. The van der Waals surface area contributed by atoms with Gasteiger partial charge in [0.25, 0.3) is 10.2 Å². The molecule has 2 unspecified atom stereocenters. The number of furan rings is 1. The van der Waals surface area contributed by atoms with Gasteiger partial charge in [0.1, 0.15) is 11.8 Å². The number of likely N-dealkylation sites (N-methyl/N-ethyl adjacent to an activating group) is 1. The van der Waals surface area contributed by atoms with Gasteiger partial charge in [-0.05, 0) is 36.8 Å². The second-order valence-corrected chi connectivity index (χ2v) is 8.15. The highest BCUT2D eigenvalue weighted by molar-refractivity contribution is 7.87. The third-order valence-electron chi connectivity index (χ3n) is 3.94. The maximum absolute atomic E-state index is 12.6. The molecule has 2 atom stereocenters. The summed E-state index contributed by atoms with van der Waals surface area (Å²) in [5.74, 6) is -0.0217. The zero-order valence-electron chi connectivity index (χ0n) is 13.1. The van der Waals surface area contributed by atoms with Gasteiger partial charge in [-0.2, -0.15) is 17.4 Å². The van der Waals surface area contributed by atoms with Gasteiger partial charge in [-0.15, -0.1) is 0 Å². The van der Waals surface area contributed by atoms with Crippen LogP contribution in [0.1, 0.15) is 18.2 Å². The van der Waals surface area contributed by atoms with Crippen molar-refractivity contribution in [2.75, 3.05) is 12.4 Å². The Hall–Kier alpha value is -1.58. The van der Waals surface area contributed by atoms with E-state index in [9.17, 15) is 13.2 Å². The number of amides is 1. The van der Waals surface area contributed by atoms with Crippen LogP contribution in [0.15, 0.2) is 41.0 Å². The van der Waals surface area contributed by atoms with Crippen LogP contribution in [0.5, 0.6) is 0 Å². The Kier molecular flexibility index (Phi) is 5.08. The van der Waals surface area contributed by atoms with Crippen molar-refractivity contribution < 1.29 is 17.6 Å². The molecule has 134 valence electrons. The number of halogens is 2. The molecular formula is C15H15Cl2N3O4S. The van der Waals surface area contributed by atoms with E-state index in [1.54, 1.807) is 24.3 Å². The Morgan fingerprint density at radius 3 is 2.72 bits per heavy atom. The summed E-state index contributed by atoms with van der Waals surface area (Å²) in [6, 6.07) is 6.43. The fraction of sp³-hybridized carbons (Fsp3) is 0.267. The van der Waals surface area contributed by atoms with Crippen molar-refractivity contribution >= 4 is 45.0 Å². The Labute approximate surface area is 155 Å². The van der Waals surface area contributed by atoms with Gasteiger partial charge < -0.3 is 9.73 Å². The molecule has 1 aromatic carbocycles. The average molecular weight is 404 g/mol. The summed E-state index contributed by atoms with van der Waals surface area (Å²) in [5, 5.41) is 3.32. The van der Waals surface area contributed by atoms with Crippen LogP contribution in [-0.2, 0) is 15.0 Å². The average Bonchev–Trinajstić information content (AvgIpc) is 3.07. The van der Waals surface area contributed by atoms with E-state index in [4.69, 9.17) is 27.6 Å². The smallest absolute Gasteiger partial charge is 0.280 e. The molecule has 2 aromatic rings. The summed E-state index contributed by atoms with van der Waals surface area (Å²) in [6.45, 7) is 0. The van der Waals surface area contributed by atoms with Crippen molar-refractivity contribution in [3.63, 3.8) is 0 Å². The highest BCUT2D eigenvalue weighted by Crippen LogP contribution is 2.29. The van der Waals surface area contributed by atoms with Gasteiger partial charge in [-0.3, -0.25) is 4.79 Å². The monoisotopic (exact) mass is 403 g/mol. The molecule has 2 heterocycles. The second-order valence-electron chi connectivity index (χ2n) is 5.58. The van der Waals surface area contributed by atoms with Crippen LogP contribution in [-0.4, -0.2) is 31.7 Å². The van der Waals surface area contributed by atoms with Crippen LogP contribution in [0.25, 0.3) is 0 Å². The first-order valence-corrected chi connectivity index (χ1v) is 9.52. The maximum Gasteiger partial charge on any atom is 0.280 e. The number of nitrogens with one attached hydrogen (secondary N) is 2. The van der Waals surface area contributed by atoms with Crippen molar-refractivity contribution in [1.29, 1.82) is 0 Å². The fourth-order valence-corrected chi connectivity index (χ4v) is 4.14. The van der Waals surface area contributed by atoms with Crippen LogP contribution in [0, 0.1) is 0 Å². The van der Waals surface area contributed by atoms with Crippen molar-refractivity contribution in [3.05, 3.63) is 52.4 Å². The molecule has 0 saturated carbocycles. The summed E-state index contributed by atoms with van der Waals surface area (Å²) in [6.07, 6.45) is 1.67. The Morgan fingerprint density at radius 2 is 2.08 bits per heavy atom. The number of anilines is 1. The minimum atomic E-state index is -3.82. The number of carbonyl (C=O) groups is 1. The standard InChI is InChI=1S/C15H15Cl2N3O4S/c1-20-13(15(21)18-9-4-5-10(16)11(17)7-9)8-12(19-25(20,22)23)14-3-2-6-24-14/h2-7,12-13,19H,8H2,1H3,(H,18,21). The minimum absolute atomic E-state index is 0.219. The highest BCUT2D eigenvalue weighted by atomic mass is 35.5. The Balaban J connectivity index is 1.83. The molecule has 1 aliphatic rings. The lowest BCUT2D eigenvalue weighted by molar-refractivity contribution is -0.120. The SMILES string of the molecule is CN1C(C(=O)Nc2ccc(Cl)c(Cl)c2)CC(c2ccco2)NS1(=O)=O. The fourth-order valence-electron chi connectivity index (χ4n) is 2.59. The summed E-state index contributed by atoms with van der Waals surface area (Å²) in [7, 11) is -2.48. The third kappa shape index (κ3) is 3.83. The topological polar surface area (TPSA) is 91.7 Å². The first kappa shape index (κ1) is 18.2. The van der Waals surface area contributed by atoms with Gasteiger partial charge in [0.15, 0.2) is 0 Å². The van der Waals surface area contributed by atoms with Crippen molar-refractivity contribution in [2.24, 2.45) is 0 Å². The molecule has 3 rings (SSSR count). The lowest BCUT2D eigenvalue weighted by Gasteiger charge is -2.35. The second kappa shape index (κ2) is 6.97. The van der Waals surface area contributed by atoms with Crippen LogP contribution >= 0.6 is 23.2 Å². The molecule has 1 aliphatic heterocycles. The third-order valence-corrected chi connectivity index (χ3v) is 6.28. The van der Waals surface area contributed by atoms with Crippen LogP contribution in [0.3, 0.4) is 0 Å². The molecule has 0 bridgehead atoms. The Bertz CT molecular complexity index is 886. The summed E-state index contributed by atoms with van der Waals surface area (Å²) >= 11 is 11.8. The van der Waals surface area contributed by atoms with Gasteiger partial charge in [-0.25, -0.2) is 0 Å². The quantitative estimate of drug-likeness (QED) is 0.823. The number of hydrogen-bond donors (Lipinski definition) is 2. The molecule has 0 aliphatic carbocycles.